The zero-order valence-corrected chi connectivity index (χ0v) is 8.85. The molecule has 0 saturated heterocycles. The standard InChI is InChI=1S/C6H10N4O2S.ClH/c7-2-1-5-9-10-6(12-5)13-3-4(8)11;/h1-3,7H2,(H2,8,11);1H/p-1. The van der Waals surface area contributed by atoms with Crippen molar-refractivity contribution in [3.63, 3.8) is 0 Å². The first-order valence-corrected chi connectivity index (χ1v) is 4.64. The summed E-state index contributed by atoms with van der Waals surface area (Å²) in [4.78, 5) is 10.4. The highest BCUT2D eigenvalue weighted by molar-refractivity contribution is 7.99. The van der Waals surface area contributed by atoms with Crippen LogP contribution in [0.2, 0.25) is 0 Å². The van der Waals surface area contributed by atoms with E-state index in [9.17, 15) is 4.79 Å². The van der Waals surface area contributed by atoms with Gasteiger partial charge in [-0.15, -0.1) is 10.2 Å². The first kappa shape index (κ1) is 13.2. The van der Waals surface area contributed by atoms with E-state index in [0.29, 0.717) is 24.1 Å². The number of carbonyl (C=O) groups excluding carboxylic acids is 1. The van der Waals surface area contributed by atoms with Gasteiger partial charge in [-0.3, -0.25) is 4.79 Å². The molecular formula is C6H10ClN4O2S-. The molecule has 1 heterocycles. The van der Waals surface area contributed by atoms with Crippen LogP contribution in [0, 0.1) is 0 Å². The Hall–Kier alpha value is -0.790. The van der Waals surface area contributed by atoms with Crippen LogP contribution >= 0.6 is 11.8 Å². The van der Waals surface area contributed by atoms with E-state index in [1.807, 2.05) is 0 Å². The summed E-state index contributed by atoms with van der Waals surface area (Å²) in [5.74, 6) is 0.211. The maximum Gasteiger partial charge on any atom is 0.277 e. The fourth-order valence-electron chi connectivity index (χ4n) is 0.654. The highest BCUT2D eigenvalue weighted by Gasteiger charge is 2.06. The number of nitrogens with two attached hydrogens (primary N) is 2. The minimum atomic E-state index is -0.413. The molecule has 8 heteroatoms. The molecule has 0 fully saturated rings. The summed E-state index contributed by atoms with van der Waals surface area (Å²) in [5, 5.41) is 7.75. The van der Waals surface area contributed by atoms with E-state index in [1.165, 1.54) is 0 Å². The quantitative estimate of drug-likeness (QED) is 0.508. The number of hydrogen-bond donors (Lipinski definition) is 2. The zero-order chi connectivity index (χ0) is 9.68. The molecule has 0 spiro atoms. The van der Waals surface area contributed by atoms with Crippen molar-refractivity contribution in [3.8, 4) is 0 Å². The number of aromatic nitrogens is 2. The summed E-state index contributed by atoms with van der Waals surface area (Å²) in [5.41, 5.74) is 10.2. The molecule has 0 bridgehead atoms. The second-order valence-electron chi connectivity index (χ2n) is 2.26. The maximum absolute atomic E-state index is 10.4. The largest absolute Gasteiger partial charge is 1.00 e. The molecule has 0 atom stereocenters. The van der Waals surface area contributed by atoms with Gasteiger partial charge < -0.3 is 28.3 Å². The SMILES string of the molecule is NCCc1nnc(SCC(N)=O)o1.[Cl-]. The number of halogens is 1. The van der Waals surface area contributed by atoms with Crippen LogP contribution < -0.4 is 23.9 Å². The number of amides is 1. The normalized spacial score (nSPS) is 9.50. The third-order valence-corrected chi connectivity index (χ3v) is 1.99. The molecule has 1 amide bonds. The van der Waals surface area contributed by atoms with Crippen LogP contribution in [0.25, 0.3) is 0 Å². The Morgan fingerprint density at radius 2 is 2.21 bits per heavy atom. The fourth-order valence-corrected chi connectivity index (χ4v) is 1.17. The molecule has 0 unspecified atom stereocenters. The summed E-state index contributed by atoms with van der Waals surface area (Å²) < 4.78 is 5.13. The predicted octanol–water partition coefficient (Wildman–Crippen LogP) is -3.85. The minimum absolute atomic E-state index is 0. The molecule has 0 radical (unpaired) electrons. The highest BCUT2D eigenvalue weighted by Crippen LogP contribution is 2.15. The molecule has 0 aromatic carbocycles. The molecule has 1 rings (SSSR count). The third-order valence-electron chi connectivity index (χ3n) is 1.14. The lowest BCUT2D eigenvalue weighted by molar-refractivity contribution is -0.115. The molecule has 0 aliphatic heterocycles. The summed E-state index contributed by atoms with van der Waals surface area (Å²) in [7, 11) is 0. The van der Waals surface area contributed by atoms with Gasteiger partial charge in [-0.25, -0.2) is 0 Å². The van der Waals surface area contributed by atoms with Crippen molar-refractivity contribution in [1.82, 2.24) is 10.2 Å². The monoisotopic (exact) mass is 237 g/mol. The van der Waals surface area contributed by atoms with Gasteiger partial charge in [0.2, 0.25) is 11.8 Å². The minimum Gasteiger partial charge on any atom is -1.00 e. The molecule has 14 heavy (non-hydrogen) atoms. The number of primary amides is 1. The predicted molar refractivity (Wildman–Crippen MR) is 47.0 cm³/mol. The van der Waals surface area contributed by atoms with Crippen molar-refractivity contribution in [2.24, 2.45) is 11.5 Å². The summed E-state index contributed by atoms with van der Waals surface area (Å²) >= 11 is 1.12. The van der Waals surface area contributed by atoms with Gasteiger partial charge in [0.05, 0.1) is 5.75 Å². The molecule has 80 valence electrons. The van der Waals surface area contributed by atoms with Gasteiger partial charge >= 0.3 is 0 Å². The number of rotatable bonds is 5. The second-order valence-corrected chi connectivity index (χ2v) is 3.18. The van der Waals surface area contributed by atoms with Crippen LogP contribution in [0.5, 0.6) is 0 Å². The summed E-state index contributed by atoms with van der Waals surface area (Å²) in [6, 6.07) is 0. The van der Waals surface area contributed by atoms with Crippen molar-refractivity contribution in [3.05, 3.63) is 5.89 Å². The van der Waals surface area contributed by atoms with E-state index < -0.39 is 5.91 Å². The van der Waals surface area contributed by atoms with E-state index in [2.05, 4.69) is 10.2 Å². The Kier molecular flexibility index (Phi) is 6.26. The molecule has 6 nitrogen and oxygen atoms in total. The van der Waals surface area contributed by atoms with Crippen LogP contribution in [-0.2, 0) is 11.2 Å². The Morgan fingerprint density at radius 3 is 2.79 bits per heavy atom. The fraction of sp³-hybridized carbons (Fsp3) is 0.500. The van der Waals surface area contributed by atoms with Crippen molar-refractivity contribution < 1.29 is 21.6 Å². The van der Waals surface area contributed by atoms with E-state index in [-0.39, 0.29) is 18.2 Å². The Labute approximate surface area is 91.2 Å². The van der Waals surface area contributed by atoms with Crippen LogP contribution in [0.1, 0.15) is 5.89 Å². The lowest BCUT2D eigenvalue weighted by Crippen LogP contribution is -3.00. The van der Waals surface area contributed by atoms with Gasteiger partial charge in [0, 0.05) is 13.0 Å². The van der Waals surface area contributed by atoms with Gasteiger partial charge in [0.15, 0.2) is 0 Å². The summed E-state index contributed by atoms with van der Waals surface area (Å²) in [6.45, 7) is 0.460. The van der Waals surface area contributed by atoms with Gasteiger partial charge in [-0.2, -0.15) is 0 Å². The van der Waals surface area contributed by atoms with E-state index >= 15 is 0 Å². The lowest BCUT2D eigenvalue weighted by Gasteiger charge is -1.89. The van der Waals surface area contributed by atoms with Gasteiger partial charge in [-0.1, -0.05) is 11.8 Å². The average molecular weight is 238 g/mol. The molecule has 0 saturated carbocycles. The topological polar surface area (TPSA) is 108 Å². The first-order chi connectivity index (χ1) is 6.22. The molecule has 1 aromatic rings. The van der Waals surface area contributed by atoms with E-state index in [4.69, 9.17) is 15.9 Å². The second kappa shape index (κ2) is 6.63. The van der Waals surface area contributed by atoms with Crippen molar-refractivity contribution >= 4 is 17.7 Å². The average Bonchev–Trinajstić information content (AvgIpc) is 2.50. The molecule has 4 N–H and O–H groups in total. The highest BCUT2D eigenvalue weighted by atomic mass is 35.5. The third kappa shape index (κ3) is 4.45. The van der Waals surface area contributed by atoms with Gasteiger partial charge in [0.1, 0.15) is 0 Å². The van der Waals surface area contributed by atoms with Crippen molar-refractivity contribution in [2.75, 3.05) is 12.3 Å². The number of carbonyl (C=O) groups is 1. The van der Waals surface area contributed by atoms with Crippen LogP contribution in [0.4, 0.5) is 0 Å². The van der Waals surface area contributed by atoms with Gasteiger partial charge in [-0.05, 0) is 0 Å². The first-order valence-electron chi connectivity index (χ1n) is 3.66. The Balaban J connectivity index is 0.00000169. The number of nitrogens with zero attached hydrogens (tertiary/aromatic N) is 2. The van der Waals surface area contributed by atoms with Crippen molar-refractivity contribution in [2.45, 2.75) is 11.6 Å². The maximum atomic E-state index is 10.4. The Morgan fingerprint density at radius 1 is 1.50 bits per heavy atom. The molecule has 0 aliphatic rings. The van der Waals surface area contributed by atoms with E-state index in [1.54, 1.807) is 0 Å². The lowest BCUT2D eigenvalue weighted by atomic mass is 10.4. The zero-order valence-electron chi connectivity index (χ0n) is 7.27. The number of hydrogen-bond acceptors (Lipinski definition) is 6. The van der Waals surface area contributed by atoms with E-state index in [0.717, 1.165) is 11.8 Å². The smallest absolute Gasteiger partial charge is 0.277 e. The number of thioether (sulfide) groups is 1. The van der Waals surface area contributed by atoms with Crippen LogP contribution in [0.15, 0.2) is 9.64 Å². The molecule has 0 aliphatic carbocycles. The summed E-state index contributed by atoms with van der Waals surface area (Å²) in [6.07, 6.45) is 0.546. The van der Waals surface area contributed by atoms with Crippen molar-refractivity contribution in [1.29, 1.82) is 0 Å². The molecule has 1 aromatic heterocycles. The van der Waals surface area contributed by atoms with Gasteiger partial charge in [0.25, 0.3) is 5.22 Å². The van der Waals surface area contributed by atoms with Crippen LogP contribution in [-0.4, -0.2) is 28.4 Å². The Bertz CT molecular complexity index is 293. The molecular weight excluding hydrogens is 228 g/mol. The van der Waals surface area contributed by atoms with Crippen LogP contribution in [0.3, 0.4) is 0 Å².